The Morgan fingerprint density at radius 1 is 1.10 bits per heavy atom. The first kappa shape index (κ1) is 35.2. The SMILES string of the molecule is CC.CC(=O)OC(C)(C)C(=O)N1CCC(NS(=O)C(F)(F)F)C1Cc1cccc(-c2cc(F)cc(C(O)(O)O)c2)c1F. The van der Waals surface area contributed by atoms with Gasteiger partial charge in [-0.25, -0.2) is 17.7 Å². The highest BCUT2D eigenvalue weighted by Gasteiger charge is 2.47. The van der Waals surface area contributed by atoms with Gasteiger partial charge in [0.2, 0.25) is 0 Å². The number of nitrogens with zero attached hydrogens (tertiary/aromatic N) is 1. The van der Waals surface area contributed by atoms with Gasteiger partial charge in [-0.1, -0.05) is 32.0 Å². The number of nitrogens with one attached hydrogen (secondary N) is 1. The van der Waals surface area contributed by atoms with Gasteiger partial charge >= 0.3 is 17.5 Å². The zero-order chi connectivity index (χ0) is 32.2. The molecule has 234 valence electrons. The van der Waals surface area contributed by atoms with Gasteiger partial charge in [-0.2, -0.15) is 13.2 Å². The molecule has 0 spiro atoms. The first-order chi connectivity index (χ1) is 19.3. The van der Waals surface area contributed by atoms with Gasteiger partial charge in [-0.05, 0) is 56.0 Å². The maximum atomic E-state index is 15.7. The smallest absolute Gasteiger partial charge is 0.450 e. The van der Waals surface area contributed by atoms with Crippen LogP contribution in [0.1, 0.15) is 52.2 Å². The lowest BCUT2D eigenvalue weighted by atomic mass is 9.94. The summed E-state index contributed by atoms with van der Waals surface area (Å²) in [6, 6.07) is 3.88. The quantitative estimate of drug-likeness (QED) is 0.201. The van der Waals surface area contributed by atoms with E-state index in [9.17, 15) is 46.7 Å². The summed E-state index contributed by atoms with van der Waals surface area (Å²) >= 11 is 0. The van der Waals surface area contributed by atoms with Crippen LogP contribution in [0.25, 0.3) is 11.1 Å². The fourth-order valence-electron chi connectivity index (χ4n) is 4.57. The van der Waals surface area contributed by atoms with Gasteiger partial charge in [0.1, 0.15) is 11.6 Å². The maximum Gasteiger partial charge on any atom is 0.485 e. The molecule has 2 aromatic carbocycles. The van der Waals surface area contributed by atoms with Crippen LogP contribution in [0.4, 0.5) is 22.0 Å². The van der Waals surface area contributed by atoms with E-state index in [1.165, 1.54) is 32.0 Å². The van der Waals surface area contributed by atoms with Crippen molar-refractivity contribution in [1.29, 1.82) is 0 Å². The van der Waals surface area contributed by atoms with Gasteiger partial charge in [-0.15, -0.1) is 0 Å². The first-order valence-electron chi connectivity index (χ1n) is 12.8. The number of hydrogen-bond acceptors (Lipinski definition) is 7. The second-order valence-corrected chi connectivity index (χ2v) is 11.0. The Balaban J connectivity index is 0.00000301. The lowest BCUT2D eigenvalue weighted by Gasteiger charge is -2.34. The van der Waals surface area contributed by atoms with Crippen molar-refractivity contribution in [3.8, 4) is 11.1 Å². The van der Waals surface area contributed by atoms with E-state index in [4.69, 9.17) is 4.74 Å². The van der Waals surface area contributed by atoms with Crippen molar-refractivity contribution in [2.45, 2.75) is 76.6 Å². The maximum absolute atomic E-state index is 15.7. The average Bonchev–Trinajstić information content (AvgIpc) is 3.25. The number of likely N-dealkylation sites (tertiary alicyclic amines) is 1. The summed E-state index contributed by atoms with van der Waals surface area (Å²) in [5, 5.41) is 28.3. The molecular formula is C27H33F5N2O7S. The zero-order valence-corrected chi connectivity index (χ0v) is 24.3. The minimum Gasteiger partial charge on any atom is -0.450 e. The monoisotopic (exact) mass is 624 g/mol. The summed E-state index contributed by atoms with van der Waals surface area (Å²) in [4.78, 5) is 25.9. The molecule has 4 N–H and O–H groups in total. The molecule has 0 bridgehead atoms. The van der Waals surface area contributed by atoms with Crippen LogP contribution in [0.5, 0.6) is 0 Å². The molecule has 9 nitrogen and oxygen atoms in total. The standard InChI is InChI=1S/C25H27F5N2O7S.C2H6/c1-13(33)39-23(2,3)22(34)32-8-7-19(31-40(38)25(28,29)30)20(32)11-14-5-4-6-18(21(14)27)15-9-16(24(35,36)37)12-17(26)10-15;1-2/h4-6,9-10,12,19-20,31,35-37H,7-8,11H2,1-3H3;1-2H3. The molecular weight excluding hydrogens is 591 g/mol. The Morgan fingerprint density at radius 2 is 1.71 bits per heavy atom. The molecule has 1 heterocycles. The number of ether oxygens (including phenoxy) is 1. The molecule has 1 aliphatic heterocycles. The molecule has 42 heavy (non-hydrogen) atoms. The molecule has 1 aliphatic rings. The Kier molecular flexibility index (Phi) is 11.4. The molecule has 1 amide bonds. The number of esters is 1. The molecule has 1 saturated heterocycles. The molecule has 15 heteroatoms. The fourth-order valence-corrected chi connectivity index (χ4v) is 5.26. The third kappa shape index (κ3) is 8.53. The van der Waals surface area contributed by atoms with Crippen LogP contribution in [0.15, 0.2) is 36.4 Å². The molecule has 2 aromatic rings. The lowest BCUT2D eigenvalue weighted by Crippen LogP contribution is -2.54. The highest BCUT2D eigenvalue weighted by molar-refractivity contribution is 7.83. The highest BCUT2D eigenvalue weighted by atomic mass is 32.2. The number of halogens is 5. The van der Waals surface area contributed by atoms with E-state index in [0.29, 0.717) is 6.07 Å². The van der Waals surface area contributed by atoms with Gasteiger partial charge in [-0.3, -0.25) is 9.59 Å². The van der Waals surface area contributed by atoms with Crippen molar-refractivity contribution in [2.24, 2.45) is 0 Å². The van der Waals surface area contributed by atoms with Gasteiger partial charge in [0, 0.05) is 30.6 Å². The number of amides is 1. The van der Waals surface area contributed by atoms with E-state index in [1.54, 1.807) is 0 Å². The van der Waals surface area contributed by atoms with Crippen LogP contribution in [-0.4, -0.2) is 66.0 Å². The summed E-state index contributed by atoms with van der Waals surface area (Å²) in [7, 11) is -3.50. The molecule has 0 radical (unpaired) electrons. The van der Waals surface area contributed by atoms with Crippen LogP contribution >= 0.6 is 0 Å². The highest BCUT2D eigenvalue weighted by Crippen LogP contribution is 2.33. The number of carbonyl (C=O) groups excluding carboxylic acids is 2. The molecule has 0 aromatic heterocycles. The van der Waals surface area contributed by atoms with E-state index < -0.39 is 69.2 Å². The molecule has 0 saturated carbocycles. The second-order valence-electron chi connectivity index (χ2n) is 9.74. The van der Waals surface area contributed by atoms with E-state index in [-0.39, 0.29) is 36.1 Å². The number of aliphatic hydroxyl groups is 3. The lowest BCUT2D eigenvalue weighted by molar-refractivity contribution is -0.323. The van der Waals surface area contributed by atoms with Gasteiger partial charge in [0.15, 0.2) is 16.6 Å². The van der Waals surface area contributed by atoms with Crippen molar-refractivity contribution in [1.82, 2.24) is 9.62 Å². The van der Waals surface area contributed by atoms with Crippen LogP contribution in [-0.2, 0) is 37.7 Å². The second kappa shape index (κ2) is 13.5. The molecule has 0 aliphatic carbocycles. The fraction of sp³-hybridized carbons (Fsp3) is 0.481. The summed E-state index contributed by atoms with van der Waals surface area (Å²) < 4.78 is 87.9. The minimum atomic E-state index is -5.11. The number of rotatable bonds is 8. The third-order valence-electron chi connectivity index (χ3n) is 6.29. The minimum absolute atomic E-state index is 0.0888. The number of carbonyl (C=O) groups is 2. The van der Waals surface area contributed by atoms with Crippen molar-refractivity contribution >= 4 is 22.9 Å². The van der Waals surface area contributed by atoms with Crippen LogP contribution < -0.4 is 4.72 Å². The predicted molar refractivity (Wildman–Crippen MR) is 142 cm³/mol. The number of hydrogen-bond donors (Lipinski definition) is 4. The van der Waals surface area contributed by atoms with E-state index in [0.717, 1.165) is 24.0 Å². The number of alkyl halides is 3. The van der Waals surface area contributed by atoms with E-state index in [2.05, 4.69) is 0 Å². The predicted octanol–water partition coefficient (Wildman–Crippen LogP) is 3.37. The molecule has 3 unspecified atom stereocenters. The first-order valence-corrected chi connectivity index (χ1v) is 14.0. The normalized spacial score (nSPS) is 18.3. The summed E-state index contributed by atoms with van der Waals surface area (Å²) in [6.07, 6.45) is -0.477. The topological polar surface area (TPSA) is 136 Å². The number of benzene rings is 2. The van der Waals surface area contributed by atoms with Gasteiger partial charge in [0.05, 0.1) is 6.04 Å². The van der Waals surface area contributed by atoms with Crippen LogP contribution in [0, 0.1) is 11.6 Å². The van der Waals surface area contributed by atoms with Crippen LogP contribution in [0.3, 0.4) is 0 Å². The Labute approximate surface area is 241 Å². The van der Waals surface area contributed by atoms with E-state index in [1.807, 2.05) is 18.6 Å². The van der Waals surface area contributed by atoms with Crippen molar-refractivity contribution < 1.29 is 55.8 Å². The van der Waals surface area contributed by atoms with Gasteiger partial charge < -0.3 is 25.0 Å². The summed E-state index contributed by atoms with van der Waals surface area (Å²) in [6.45, 7) is 7.52. The zero-order valence-electron chi connectivity index (χ0n) is 23.5. The Bertz CT molecular complexity index is 1310. The van der Waals surface area contributed by atoms with Gasteiger partial charge in [0.25, 0.3) is 5.91 Å². The van der Waals surface area contributed by atoms with Crippen LogP contribution in [0.2, 0.25) is 0 Å². The molecule has 3 atom stereocenters. The largest absolute Gasteiger partial charge is 0.485 e. The van der Waals surface area contributed by atoms with Crippen molar-refractivity contribution in [3.63, 3.8) is 0 Å². The Hall–Kier alpha value is -2.98. The van der Waals surface area contributed by atoms with Crippen molar-refractivity contribution in [2.75, 3.05) is 6.54 Å². The average molecular weight is 625 g/mol. The summed E-state index contributed by atoms with van der Waals surface area (Å²) in [5.74, 6) is -6.97. The van der Waals surface area contributed by atoms with Crippen molar-refractivity contribution in [3.05, 3.63) is 59.2 Å². The molecule has 1 fully saturated rings. The Morgan fingerprint density at radius 3 is 2.26 bits per heavy atom. The third-order valence-corrected chi connectivity index (χ3v) is 7.23. The molecule has 3 rings (SSSR count). The van der Waals surface area contributed by atoms with E-state index >= 15 is 4.39 Å². The summed E-state index contributed by atoms with van der Waals surface area (Å²) in [5.41, 5.74) is -8.08.